The van der Waals surface area contributed by atoms with Gasteiger partial charge in [0.1, 0.15) is 0 Å². The van der Waals surface area contributed by atoms with E-state index in [0.717, 1.165) is 44.8 Å². The van der Waals surface area contributed by atoms with Gasteiger partial charge in [-0.1, -0.05) is 0 Å². The van der Waals surface area contributed by atoms with E-state index in [2.05, 4.69) is 53.8 Å². The van der Waals surface area contributed by atoms with Gasteiger partial charge in [-0.25, -0.2) is 9.97 Å². The Hall–Kier alpha value is -2.97. The molecule has 3 aromatic heterocycles. The Morgan fingerprint density at radius 1 is 0.556 bits per heavy atom. The second-order valence-electron chi connectivity index (χ2n) is 6.02. The zero-order valence-corrected chi connectivity index (χ0v) is 15.4. The van der Waals surface area contributed by atoms with E-state index in [1.54, 1.807) is 0 Å². The summed E-state index contributed by atoms with van der Waals surface area (Å²) < 4.78 is 0. The van der Waals surface area contributed by atoms with Gasteiger partial charge in [-0.05, 0) is 72.8 Å². The van der Waals surface area contributed by atoms with Crippen molar-refractivity contribution in [3.05, 3.63) is 71.3 Å². The summed E-state index contributed by atoms with van der Waals surface area (Å²) in [6, 6.07) is 16.4. The van der Waals surface area contributed by atoms with Gasteiger partial charge >= 0.3 is 24.7 Å². The Kier molecular flexibility index (Phi) is 4.99. The normalized spacial score (nSPS) is 12.1. The van der Waals surface area contributed by atoms with Crippen LogP contribution in [0.1, 0.15) is 22.8 Å². The number of aromatic amines is 2. The molecule has 0 atom stereocenters. The molecule has 0 aliphatic carbocycles. The van der Waals surface area contributed by atoms with Crippen LogP contribution in [-0.4, -0.2) is 19.9 Å². The van der Waals surface area contributed by atoms with E-state index >= 15 is 0 Å². The van der Waals surface area contributed by atoms with Crippen LogP contribution in [-0.2, 0) is 15.1 Å². The van der Waals surface area contributed by atoms with Crippen molar-refractivity contribution < 1.29 is 15.1 Å². The summed E-state index contributed by atoms with van der Waals surface area (Å²) in [5.41, 5.74) is 7.86. The number of H-pyrrole nitrogens is 2. The van der Waals surface area contributed by atoms with Crippen LogP contribution >= 0.6 is 0 Å². The van der Waals surface area contributed by atoms with Crippen molar-refractivity contribution in [3.8, 4) is 0 Å². The molecule has 6 nitrogen and oxygen atoms in total. The van der Waals surface area contributed by atoms with Gasteiger partial charge in [0.05, 0.1) is 22.8 Å². The quantitative estimate of drug-likeness (QED) is 0.319. The Morgan fingerprint density at radius 2 is 0.815 bits per heavy atom. The first-order chi connectivity index (χ1) is 13.2. The predicted molar refractivity (Wildman–Crippen MR) is 107 cm³/mol. The zero-order chi connectivity index (χ0) is 18.6. The fourth-order valence-electron chi connectivity index (χ4n) is 2.94. The summed E-state index contributed by atoms with van der Waals surface area (Å²) in [7, 11) is 0. The number of hydrogen-bond acceptors (Lipinski definition) is 4. The van der Waals surface area contributed by atoms with E-state index in [1.165, 1.54) is 0 Å². The first kappa shape index (κ1) is 17.4. The molecule has 0 saturated heterocycles. The van der Waals surface area contributed by atoms with Crippen LogP contribution in [0.15, 0.2) is 48.5 Å². The van der Waals surface area contributed by atoms with Crippen molar-refractivity contribution in [2.45, 2.75) is 0 Å². The second-order valence-corrected chi connectivity index (χ2v) is 6.36. The van der Waals surface area contributed by atoms with Gasteiger partial charge < -0.3 is 9.97 Å². The van der Waals surface area contributed by atoms with E-state index < -0.39 is 0 Å². The molecule has 3 aromatic rings. The van der Waals surface area contributed by atoms with Gasteiger partial charge in [0.2, 0.25) is 0 Å². The van der Waals surface area contributed by atoms with Crippen LogP contribution in [0.3, 0.4) is 0 Å². The Labute approximate surface area is 162 Å². The molecule has 0 saturated carbocycles. The SMILES string of the molecule is C1=Cc2cc3ccc(cc4nc(cc5ccc(cc1n2)[nH]5)C=C4)[nH]3.[NH2][Co][NH2]. The fourth-order valence-corrected chi connectivity index (χ4v) is 2.94. The Morgan fingerprint density at radius 3 is 1.07 bits per heavy atom. The van der Waals surface area contributed by atoms with Crippen molar-refractivity contribution in [2.75, 3.05) is 0 Å². The van der Waals surface area contributed by atoms with Gasteiger partial charge in [0, 0.05) is 22.1 Å². The number of hydrogen-bond donors (Lipinski definition) is 4. The third-order valence-corrected chi connectivity index (χ3v) is 4.04. The molecule has 2 aliphatic heterocycles. The third kappa shape index (κ3) is 4.24. The van der Waals surface area contributed by atoms with Crippen LogP contribution in [0.5, 0.6) is 0 Å². The molecule has 0 fully saturated rings. The van der Waals surface area contributed by atoms with Gasteiger partial charge in [0.15, 0.2) is 0 Å². The van der Waals surface area contributed by atoms with Gasteiger partial charge in [0.25, 0.3) is 0 Å². The zero-order valence-electron chi connectivity index (χ0n) is 14.3. The summed E-state index contributed by atoms with van der Waals surface area (Å²) in [6.45, 7) is 0. The number of fused-ring (bicyclic) bond motifs is 8. The average molecular weight is 401 g/mol. The molecular weight excluding hydrogens is 383 g/mol. The van der Waals surface area contributed by atoms with E-state index in [1.807, 2.05) is 48.6 Å². The van der Waals surface area contributed by atoms with Crippen molar-refractivity contribution >= 4 is 46.4 Å². The van der Waals surface area contributed by atoms with Crippen LogP contribution in [0.2, 0.25) is 0 Å². The molecule has 27 heavy (non-hydrogen) atoms. The molecule has 5 heterocycles. The number of nitrogens with two attached hydrogens (primary N) is 2. The molecule has 8 bridgehead atoms. The predicted octanol–water partition coefficient (Wildman–Crippen LogP) is 3.47. The number of nitrogens with one attached hydrogen (secondary N) is 2. The van der Waals surface area contributed by atoms with Crippen LogP contribution < -0.4 is 9.56 Å². The van der Waals surface area contributed by atoms with Crippen molar-refractivity contribution in [1.29, 1.82) is 0 Å². The maximum absolute atomic E-state index is 4.63. The summed E-state index contributed by atoms with van der Waals surface area (Å²) in [4.78, 5) is 25.2. The fraction of sp³-hybridized carbons (Fsp3) is 0. The van der Waals surface area contributed by atoms with E-state index in [0.29, 0.717) is 15.1 Å². The second kappa shape index (κ2) is 7.73. The van der Waals surface area contributed by atoms with Gasteiger partial charge in [-0.3, -0.25) is 0 Å². The van der Waals surface area contributed by atoms with Gasteiger partial charge in [-0.15, -0.1) is 0 Å². The van der Waals surface area contributed by atoms with Crippen molar-refractivity contribution in [2.24, 2.45) is 9.56 Å². The summed E-state index contributed by atoms with van der Waals surface area (Å²) in [5, 5.41) is 0. The molecular formula is C20H18CoN6. The molecule has 137 valence electrons. The summed E-state index contributed by atoms with van der Waals surface area (Å²) in [5.74, 6) is 0. The molecule has 0 aromatic carbocycles. The number of aromatic nitrogens is 4. The first-order valence-electron chi connectivity index (χ1n) is 8.23. The molecule has 0 radical (unpaired) electrons. The number of nitrogens with zero attached hydrogens (tertiary/aromatic N) is 2. The maximum atomic E-state index is 4.63. The number of rotatable bonds is 0. The molecule has 2 aliphatic rings. The minimum absolute atomic E-state index is 0.438. The molecule has 5 rings (SSSR count). The molecule has 7 heteroatoms. The molecule has 6 N–H and O–H groups in total. The van der Waals surface area contributed by atoms with Crippen molar-refractivity contribution in [3.63, 3.8) is 0 Å². The van der Waals surface area contributed by atoms with Crippen LogP contribution in [0.4, 0.5) is 0 Å². The van der Waals surface area contributed by atoms with E-state index in [4.69, 9.17) is 0 Å². The molecule has 0 spiro atoms. The van der Waals surface area contributed by atoms with E-state index in [9.17, 15) is 0 Å². The summed E-state index contributed by atoms with van der Waals surface area (Å²) >= 11 is 0.438. The van der Waals surface area contributed by atoms with E-state index in [-0.39, 0.29) is 0 Å². The summed E-state index contributed by atoms with van der Waals surface area (Å²) in [6.07, 6.45) is 8.09. The van der Waals surface area contributed by atoms with Crippen LogP contribution in [0.25, 0.3) is 46.4 Å². The monoisotopic (exact) mass is 401 g/mol. The Balaban J connectivity index is 0.000000565. The standard InChI is InChI=1S/C20H14N4.Co.2H2N/c1-2-14-10-16-5-6-18(23-16)12-20-8-7-19(24-20)11-17-4-3-15(22-17)9-13(1)21-14;;;/h1-12,21,24H;;2*1H2/q;+2;2*-1. The van der Waals surface area contributed by atoms with Crippen molar-refractivity contribution in [1.82, 2.24) is 19.9 Å². The van der Waals surface area contributed by atoms with Gasteiger partial charge in [-0.2, -0.15) is 0 Å². The average Bonchev–Trinajstić information content (AvgIpc) is 3.41. The first-order valence-corrected chi connectivity index (χ1v) is 9.43. The Bertz CT molecular complexity index is 1010. The third-order valence-electron chi connectivity index (χ3n) is 4.04. The topological polar surface area (TPSA) is 109 Å². The molecule has 0 unspecified atom stereocenters. The molecule has 0 amide bonds. The van der Waals surface area contributed by atoms with Crippen LogP contribution in [0, 0.1) is 0 Å². The minimum atomic E-state index is 0.438.